The molecule has 0 N–H and O–H groups in total. The van der Waals surface area contributed by atoms with Gasteiger partial charge in [-0.05, 0) is 48.0 Å². The van der Waals surface area contributed by atoms with Crippen molar-refractivity contribution in [2.75, 3.05) is 44.7 Å². The van der Waals surface area contributed by atoms with E-state index in [0.29, 0.717) is 17.8 Å². The van der Waals surface area contributed by atoms with E-state index in [4.69, 9.17) is 4.74 Å². The number of nitrogens with zero attached hydrogens (tertiary/aromatic N) is 4. The van der Waals surface area contributed by atoms with Crippen LogP contribution in [0.15, 0.2) is 89.7 Å². The van der Waals surface area contributed by atoms with E-state index in [-0.39, 0.29) is 17.9 Å². The zero-order valence-electron chi connectivity index (χ0n) is 21.3. The summed E-state index contributed by atoms with van der Waals surface area (Å²) >= 11 is 0. The fourth-order valence-corrected chi connectivity index (χ4v) is 4.57. The molecule has 0 atom stereocenters. The van der Waals surface area contributed by atoms with Crippen molar-refractivity contribution in [2.45, 2.75) is 6.54 Å². The summed E-state index contributed by atoms with van der Waals surface area (Å²) in [6, 6.07) is 25.4. The number of hydrogen-bond donors (Lipinski definition) is 0. The van der Waals surface area contributed by atoms with E-state index in [0.717, 1.165) is 48.7 Å². The molecule has 0 radical (unpaired) electrons. The van der Waals surface area contributed by atoms with E-state index in [1.165, 1.54) is 16.8 Å². The second kappa shape index (κ2) is 11.8. The van der Waals surface area contributed by atoms with Gasteiger partial charge in [0.1, 0.15) is 18.1 Å². The van der Waals surface area contributed by atoms with Crippen LogP contribution in [-0.4, -0.2) is 54.5 Å². The smallest absolute Gasteiger partial charge is 0.275 e. The standard InChI is InChI=1S/C31H29FN4O2/c1-38-30-12-6-5-11-29(30)35-21-19-34(20-22-35)17-7-8-18-36-31(37)27(24-9-3-2-4-10-24)23-28(33-36)25-13-15-26(32)16-14-25/h2-6,9-16,23H,17-22H2,1H3. The van der Waals surface area contributed by atoms with Gasteiger partial charge in [-0.2, -0.15) is 5.10 Å². The van der Waals surface area contributed by atoms with Crippen LogP contribution in [0.5, 0.6) is 5.75 Å². The monoisotopic (exact) mass is 508 g/mol. The molecule has 2 heterocycles. The van der Waals surface area contributed by atoms with Gasteiger partial charge in [-0.3, -0.25) is 9.69 Å². The second-order valence-electron chi connectivity index (χ2n) is 9.07. The van der Waals surface area contributed by atoms with Crippen molar-refractivity contribution in [1.29, 1.82) is 0 Å². The summed E-state index contributed by atoms with van der Waals surface area (Å²) in [6.45, 7) is 4.37. The van der Waals surface area contributed by atoms with Gasteiger partial charge in [0, 0.05) is 31.7 Å². The molecule has 7 heteroatoms. The largest absolute Gasteiger partial charge is 0.495 e. The molecule has 1 aliphatic rings. The molecule has 0 unspecified atom stereocenters. The summed E-state index contributed by atoms with van der Waals surface area (Å²) in [7, 11) is 1.70. The van der Waals surface area contributed by atoms with Crippen molar-refractivity contribution in [2.24, 2.45) is 0 Å². The number of benzene rings is 3. The van der Waals surface area contributed by atoms with Crippen LogP contribution >= 0.6 is 0 Å². The molecule has 3 aromatic carbocycles. The number of halogens is 1. The maximum absolute atomic E-state index is 13.5. The van der Waals surface area contributed by atoms with Gasteiger partial charge in [0.25, 0.3) is 5.56 Å². The minimum absolute atomic E-state index is 0.175. The Hall–Kier alpha value is -4.41. The molecule has 0 spiro atoms. The number of para-hydroxylation sites is 2. The van der Waals surface area contributed by atoms with Crippen LogP contribution in [0.2, 0.25) is 0 Å². The summed E-state index contributed by atoms with van der Waals surface area (Å²) in [5, 5.41) is 4.55. The lowest BCUT2D eigenvalue weighted by Crippen LogP contribution is -2.46. The third-order valence-electron chi connectivity index (χ3n) is 6.65. The quantitative estimate of drug-likeness (QED) is 0.358. The van der Waals surface area contributed by atoms with Crippen LogP contribution < -0.4 is 15.2 Å². The molecule has 1 saturated heterocycles. The molecule has 1 aliphatic heterocycles. The lowest BCUT2D eigenvalue weighted by Gasteiger charge is -2.35. The van der Waals surface area contributed by atoms with Crippen molar-refractivity contribution >= 4 is 5.69 Å². The lowest BCUT2D eigenvalue weighted by atomic mass is 10.0. The molecular formula is C31H29FN4O2. The molecule has 38 heavy (non-hydrogen) atoms. The highest BCUT2D eigenvalue weighted by molar-refractivity contribution is 5.69. The van der Waals surface area contributed by atoms with Gasteiger partial charge in [-0.15, -0.1) is 0 Å². The average Bonchev–Trinajstić information content (AvgIpc) is 2.97. The minimum atomic E-state index is -0.319. The number of anilines is 1. The zero-order chi connectivity index (χ0) is 26.3. The van der Waals surface area contributed by atoms with Gasteiger partial charge in [0.15, 0.2) is 0 Å². The van der Waals surface area contributed by atoms with Crippen LogP contribution in [0.25, 0.3) is 22.4 Å². The Morgan fingerprint density at radius 1 is 0.842 bits per heavy atom. The predicted octanol–water partition coefficient (Wildman–Crippen LogP) is 4.55. The van der Waals surface area contributed by atoms with Crippen LogP contribution in [-0.2, 0) is 6.54 Å². The van der Waals surface area contributed by atoms with Gasteiger partial charge in [0.2, 0.25) is 0 Å². The highest BCUT2D eigenvalue weighted by Gasteiger charge is 2.18. The molecule has 0 aliphatic carbocycles. The first-order chi connectivity index (χ1) is 18.6. The number of ether oxygens (including phenoxy) is 1. The first kappa shape index (κ1) is 25.2. The molecule has 0 saturated carbocycles. The molecule has 4 aromatic rings. The first-order valence-corrected chi connectivity index (χ1v) is 12.6. The van der Waals surface area contributed by atoms with Gasteiger partial charge in [0.05, 0.1) is 30.6 Å². The normalized spacial score (nSPS) is 13.6. The van der Waals surface area contributed by atoms with Crippen LogP contribution in [0.3, 0.4) is 0 Å². The number of hydrogen-bond acceptors (Lipinski definition) is 5. The van der Waals surface area contributed by atoms with Crippen LogP contribution in [0.1, 0.15) is 0 Å². The van der Waals surface area contributed by atoms with Crippen LogP contribution in [0.4, 0.5) is 10.1 Å². The van der Waals surface area contributed by atoms with E-state index in [1.807, 2.05) is 48.5 Å². The number of methoxy groups -OCH3 is 1. The summed E-state index contributed by atoms with van der Waals surface area (Å²) in [5.74, 6) is 6.92. The number of rotatable bonds is 6. The molecule has 6 nitrogen and oxygen atoms in total. The fraction of sp³-hybridized carbons (Fsp3) is 0.226. The van der Waals surface area contributed by atoms with E-state index in [1.54, 1.807) is 25.3 Å². The number of aromatic nitrogens is 2. The second-order valence-corrected chi connectivity index (χ2v) is 9.07. The van der Waals surface area contributed by atoms with Gasteiger partial charge < -0.3 is 9.64 Å². The zero-order valence-corrected chi connectivity index (χ0v) is 21.3. The van der Waals surface area contributed by atoms with Crippen molar-refractivity contribution < 1.29 is 9.13 Å². The minimum Gasteiger partial charge on any atom is -0.495 e. The molecule has 192 valence electrons. The van der Waals surface area contributed by atoms with Crippen molar-refractivity contribution in [3.63, 3.8) is 0 Å². The first-order valence-electron chi connectivity index (χ1n) is 12.6. The Labute approximate surface area is 221 Å². The molecule has 0 amide bonds. The summed E-state index contributed by atoms with van der Waals surface area (Å²) in [6.07, 6.45) is 0. The highest BCUT2D eigenvalue weighted by Crippen LogP contribution is 2.28. The summed E-state index contributed by atoms with van der Waals surface area (Å²) < 4.78 is 20.4. The Kier molecular flexibility index (Phi) is 7.81. The molecule has 1 aromatic heterocycles. The summed E-state index contributed by atoms with van der Waals surface area (Å²) in [4.78, 5) is 17.9. The van der Waals surface area contributed by atoms with Gasteiger partial charge >= 0.3 is 0 Å². The SMILES string of the molecule is COc1ccccc1N1CCN(CC#CCn2nc(-c3ccc(F)cc3)cc(-c3ccccc3)c2=O)CC1. The predicted molar refractivity (Wildman–Crippen MR) is 149 cm³/mol. The van der Waals surface area contributed by atoms with E-state index in [9.17, 15) is 9.18 Å². The Morgan fingerprint density at radius 3 is 2.26 bits per heavy atom. The fourth-order valence-electron chi connectivity index (χ4n) is 4.57. The van der Waals surface area contributed by atoms with Crippen molar-refractivity contribution in [3.8, 4) is 40.0 Å². The van der Waals surface area contributed by atoms with Crippen molar-refractivity contribution in [1.82, 2.24) is 14.7 Å². The van der Waals surface area contributed by atoms with Crippen molar-refractivity contribution in [3.05, 3.63) is 101 Å². The van der Waals surface area contributed by atoms with Crippen LogP contribution in [0, 0.1) is 17.7 Å². The topological polar surface area (TPSA) is 50.6 Å². The van der Waals surface area contributed by atoms with E-state index >= 15 is 0 Å². The Morgan fingerprint density at radius 2 is 1.53 bits per heavy atom. The molecule has 0 bridgehead atoms. The van der Waals surface area contributed by atoms with Gasteiger partial charge in [-0.25, -0.2) is 9.07 Å². The summed E-state index contributed by atoms with van der Waals surface area (Å²) in [5.41, 5.74) is 3.58. The van der Waals surface area contributed by atoms with E-state index < -0.39 is 0 Å². The third-order valence-corrected chi connectivity index (χ3v) is 6.65. The molecular weight excluding hydrogens is 479 g/mol. The molecule has 5 rings (SSSR count). The maximum Gasteiger partial charge on any atom is 0.275 e. The maximum atomic E-state index is 13.5. The average molecular weight is 509 g/mol. The number of piperazine rings is 1. The van der Waals surface area contributed by atoms with Gasteiger partial charge in [-0.1, -0.05) is 54.3 Å². The lowest BCUT2D eigenvalue weighted by molar-refractivity contribution is 0.286. The highest BCUT2D eigenvalue weighted by atomic mass is 19.1. The molecule has 1 fully saturated rings. The third kappa shape index (κ3) is 5.77. The van der Waals surface area contributed by atoms with E-state index in [2.05, 4.69) is 32.8 Å². The Balaban J connectivity index is 1.29. The Bertz CT molecular complexity index is 1500.